The van der Waals surface area contributed by atoms with Gasteiger partial charge in [-0.25, -0.2) is 17.7 Å². The number of hydrogen-bond acceptors (Lipinski definition) is 7. The minimum absolute atomic E-state index is 0.0144. The number of fused-ring (bicyclic) bond motifs is 3. The van der Waals surface area contributed by atoms with Gasteiger partial charge >= 0.3 is 11.8 Å². The molecule has 3 aromatic heterocycles. The average molecular weight is 717 g/mol. The van der Waals surface area contributed by atoms with Crippen molar-refractivity contribution >= 4 is 45.7 Å². The van der Waals surface area contributed by atoms with Gasteiger partial charge in [-0.1, -0.05) is 36.3 Å². The van der Waals surface area contributed by atoms with Crippen LogP contribution in [0, 0.1) is 29.9 Å². The van der Waals surface area contributed by atoms with Crippen LogP contribution < -0.4 is 4.74 Å². The van der Waals surface area contributed by atoms with E-state index < -0.39 is 23.3 Å². The highest BCUT2D eigenvalue weighted by atomic mass is 19.1. The molecular weight excluding hydrogens is 679 g/mol. The summed E-state index contributed by atoms with van der Waals surface area (Å²) in [5.74, 6) is 1.31. The number of aromatic nitrogens is 4. The highest BCUT2D eigenvalue weighted by Gasteiger charge is 2.49. The molecule has 3 aliphatic heterocycles. The Labute approximate surface area is 304 Å². The monoisotopic (exact) mass is 716 g/mol. The Kier molecular flexibility index (Phi) is 9.12. The molecule has 12 heteroatoms. The van der Waals surface area contributed by atoms with Gasteiger partial charge in [0.15, 0.2) is 5.82 Å². The fourth-order valence-corrected chi connectivity index (χ4v) is 8.12. The largest absolute Gasteiger partial charge is 0.443 e. The minimum Gasteiger partial charge on any atom is -0.443 e. The summed E-state index contributed by atoms with van der Waals surface area (Å²) in [7, 11) is 1.80. The van der Waals surface area contributed by atoms with Crippen LogP contribution >= 0.6 is 0 Å². The standard InChI is InChI=1S/C41H37F3N7O2/c1-3-30-33(43)13-11-27-8-6-10-31(35(27)30)37-36(44)38-32(21-46-37)39(48-40(47-38)53-25-41-16-7-18-51(41)24-28(42)20-41)49(2)22-26-15-19-50(23-26)34(52)14-12-29-9-4-5-17-45-29/h1,4-6,8-14,17,21-22,26,28H,7,15-16,18-20,23-25H2,2H3/q+1/b14-12+,49-22-/t26?,28-,41+/m1/s1. The van der Waals surface area contributed by atoms with Gasteiger partial charge in [-0.2, -0.15) is 4.98 Å². The van der Waals surface area contributed by atoms with Crippen molar-refractivity contribution in [1.82, 2.24) is 29.7 Å². The Hall–Kier alpha value is -5.67. The summed E-state index contributed by atoms with van der Waals surface area (Å²) in [6, 6.07) is 13.5. The summed E-state index contributed by atoms with van der Waals surface area (Å²) in [4.78, 5) is 35.0. The summed E-state index contributed by atoms with van der Waals surface area (Å²) in [6.07, 6.45) is 15.9. The second-order valence-corrected chi connectivity index (χ2v) is 14.0. The second kappa shape index (κ2) is 14.0. The zero-order valence-electron chi connectivity index (χ0n) is 29.2. The van der Waals surface area contributed by atoms with E-state index in [0.29, 0.717) is 65.7 Å². The third-order valence-corrected chi connectivity index (χ3v) is 10.7. The lowest BCUT2D eigenvalue weighted by Gasteiger charge is -2.30. The molecule has 0 N–H and O–H groups in total. The van der Waals surface area contributed by atoms with E-state index in [4.69, 9.17) is 16.1 Å². The number of ether oxygens (including phenoxy) is 1. The average Bonchev–Trinajstić information content (AvgIpc) is 3.88. The van der Waals surface area contributed by atoms with E-state index in [-0.39, 0.29) is 41.2 Å². The third-order valence-electron chi connectivity index (χ3n) is 10.7. The number of alkyl halides is 1. The number of carbonyl (C=O) groups is 1. The number of rotatable bonds is 8. The van der Waals surface area contributed by atoms with Gasteiger partial charge in [-0.15, -0.1) is 6.42 Å². The SMILES string of the molecule is C#Cc1c(F)ccc2cccc(-c3ncc4c(/[N+](C)=C\C5CCN(C(=O)/C=C/c6ccccn6)C5)nc(OC[C@@]56CCCN5C[C@H](F)C6)nc4c3F)c12. The first-order valence-corrected chi connectivity index (χ1v) is 17.8. The van der Waals surface area contributed by atoms with Gasteiger partial charge in [0.05, 0.1) is 30.1 Å². The number of benzene rings is 2. The Morgan fingerprint density at radius 2 is 2.00 bits per heavy atom. The van der Waals surface area contributed by atoms with Crippen LogP contribution in [0.5, 0.6) is 6.01 Å². The van der Waals surface area contributed by atoms with Gasteiger partial charge in [0, 0.05) is 66.4 Å². The summed E-state index contributed by atoms with van der Waals surface area (Å²) < 4.78 is 54.4. The highest BCUT2D eigenvalue weighted by molar-refractivity contribution is 6.01. The minimum atomic E-state index is -0.944. The molecule has 1 unspecified atom stereocenters. The van der Waals surface area contributed by atoms with Gasteiger partial charge in [0.2, 0.25) is 5.91 Å². The number of hydrogen-bond donors (Lipinski definition) is 0. The molecule has 1 amide bonds. The summed E-state index contributed by atoms with van der Waals surface area (Å²) >= 11 is 0. The number of nitrogens with zero attached hydrogens (tertiary/aromatic N) is 7. The highest BCUT2D eigenvalue weighted by Crippen LogP contribution is 2.41. The number of carbonyl (C=O) groups excluding carboxylic acids is 1. The van der Waals surface area contributed by atoms with Crippen LogP contribution in [-0.4, -0.2) is 98.0 Å². The molecular formula is C41H37F3N7O2+. The summed E-state index contributed by atoms with van der Waals surface area (Å²) in [5, 5.41) is 1.34. The van der Waals surface area contributed by atoms with Gasteiger partial charge in [0.25, 0.3) is 0 Å². The van der Waals surface area contributed by atoms with Crippen molar-refractivity contribution in [2.45, 2.75) is 37.4 Å². The first-order valence-electron chi connectivity index (χ1n) is 17.8. The lowest BCUT2D eigenvalue weighted by atomic mass is 9.95. The van der Waals surface area contributed by atoms with Crippen LogP contribution in [0.4, 0.5) is 19.0 Å². The Morgan fingerprint density at radius 3 is 2.83 bits per heavy atom. The quantitative estimate of drug-likeness (QED) is 0.0800. The maximum atomic E-state index is 16.9. The zero-order valence-corrected chi connectivity index (χ0v) is 29.2. The van der Waals surface area contributed by atoms with Crippen molar-refractivity contribution in [3.05, 3.63) is 89.9 Å². The molecule has 0 bridgehead atoms. The Morgan fingerprint density at radius 1 is 1.11 bits per heavy atom. The predicted octanol–water partition coefficient (Wildman–Crippen LogP) is 6.36. The fraction of sp³-hybridized carbons (Fsp3) is 0.317. The fourth-order valence-electron chi connectivity index (χ4n) is 8.12. The number of amides is 1. The third kappa shape index (κ3) is 6.50. The molecule has 9 nitrogen and oxygen atoms in total. The van der Waals surface area contributed by atoms with Crippen molar-refractivity contribution in [2.75, 3.05) is 39.8 Å². The maximum Gasteiger partial charge on any atom is 0.434 e. The van der Waals surface area contributed by atoms with E-state index >= 15 is 4.39 Å². The van der Waals surface area contributed by atoms with Crippen LogP contribution in [0.25, 0.3) is 39.0 Å². The van der Waals surface area contributed by atoms with Crippen molar-refractivity contribution in [3.63, 3.8) is 0 Å². The van der Waals surface area contributed by atoms with E-state index in [1.165, 1.54) is 18.3 Å². The Balaban J connectivity index is 1.16. The molecule has 0 radical (unpaired) electrons. The molecule has 268 valence electrons. The van der Waals surface area contributed by atoms with E-state index in [0.717, 1.165) is 19.4 Å². The van der Waals surface area contributed by atoms with Crippen LogP contribution in [0.2, 0.25) is 0 Å². The number of pyridine rings is 2. The summed E-state index contributed by atoms with van der Waals surface area (Å²) in [6.45, 7) is 2.36. The number of terminal acetylenes is 1. The van der Waals surface area contributed by atoms with Crippen LogP contribution in [0.3, 0.4) is 0 Å². The lowest BCUT2D eigenvalue weighted by Crippen LogP contribution is -2.43. The first kappa shape index (κ1) is 34.4. The Bertz CT molecular complexity index is 2340. The topological polar surface area (TPSA) is 87.3 Å². The molecule has 0 saturated carbocycles. The van der Waals surface area contributed by atoms with E-state index in [1.54, 1.807) is 53.1 Å². The second-order valence-electron chi connectivity index (χ2n) is 14.0. The molecule has 6 heterocycles. The summed E-state index contributed by atoms with van der Waals surface area (Å²) in [5.41, 5.74) is 0.478. The van der Waals surface area contributed by atoms with Crippen molar-refractivity contribution < 1.29 is 27.3 Å². The molecule has 3 fully saturated rings. The van der Waals surface area contributed by atoms with Crippen LogP contribution in [0.15, 0.2) is 67.0 Å². The lowest BCUT2D eigenvalue weighted by molar-refractivity contribution is -0.405. The van der Waals surface area contributed by atoms with Crippen LogP contribution in [-0.2, 0) is 4.79 Å². The molecule has 8 rings (SSSR count). The zero-order chi connectivity index (χ0) is 36.7. The molecule has 2 aromatic carbocycles. The van der Waals surface area contributed by atoms with Gasteiger partial charge in [-0.3, -0.25) is 19.7 Å². The maximum absolute atomic E-state index is 16.9. The predicted molar refractivity (Wildman–Crippen MR) is 197 cm³/mol. The molecule has 0 spiro atoms. The number of halogens is 3. The van der Waals surface area contributed by atoms with Crippen molar-refractivity contribution in [2.24, 2.45) is 5.92 Å². The molecule has 0 aliphatic carbocycles. The molecule has 3 aliphatic rings. The van der Waals surface area contributed by atoms with Gasteiger partial charge in [-0.05, 0) is 55.5 Å². The van der Waals surface area contributed by atoms with Crippen molar-refractivity contribution in [1.29, 1.82) is 0 Å². The normalized spacial score (nSPS) is 21.9. The van der Waals surface area contributed by atoms with Gasteiger partial charge < -0.3 is 9.64 Å². The van der Waals surface area contributed by atoms with E-state index in [1.807, 2.05) is 24.4 Å². The van der Waals surface area contributed by atoms with E-state index in [9.17, 15) is 13.6 Å². The molecule has 3 saturated heterocycles. The molecule has 5 aromatic rings. The van der Waals surface area contributed by atoms with E-state index in [2.05, 4.69) is 25.8 Å². The molecule has 3 atom stereocenters. The smallest absolute Gasteiger partial charge is 0.434 e. The number of likely N-dealkylation sites (tertiary alicyclic amines) is 1. The van der Waals surface area contributed by atoms with Crippen LogP contribution in [0.1, 0.15) is 36.9 Å². The van der Waals surface area contributed by atoms with Gasteiger partial charge in [0.1, 0.15) is 35.2 Å². The molecule has 53 heavy (non-hydrogen) atoms. The first-order chi connectivity index (χ1) is 25.7. The van der Waals surface area contributed by atoms with Crippen molar-refractivity contribution in [3.8, 4) is 29.6 Å².